The van der Waals surface area contributed by atoms with Crippen LogP contribution < -0.4 is 10.6 Å². The Labute approximate surface area is 115 Å². The third kappa shape index (κ3) is 3.91. The average Bonchev–Trinajstić information content (AvgIpc) is 2.40. The molecule has 0 bridgehead atoms. The molecule has 7 heteroatoms. The molecular formula is C13H16F2N2O3. The third-order valence-corrected chi connectivity index (χ3v) is 2.97. The van der Waals surface area contributed by atoms with Crippen molar-refractivity contribution in [3.05, 3.63) is 29.8 Å². The topological polar surface area (TPSA) is 78.4 Å². The normalized spacial score (nSPS) is 13.4. The molecule has 0 aromatic heterocycles. The van der Waals surface area contributed by atoms with Crippen LogP contribution in [0.1, 0.15) is 20.3 Å². The van der Waals surface area contributed by atoms with Gasteiger partial charge in [0.25, 0.3) is 0 Å². The molecule has 5 nitrogen and oxygen atoms in total. The molecular weight excluding hydrogens is 270 g/mol. The molecule has 0 radical (unpaired) electrons. The number of aliphatic carboxylic acids is 1. The van der Waals surface area contributed by atoms with E-state index < -0.39 is 29.7 Å². The van der Waals surface area contributed by atoms with Gasteiger partial charge < -0.3 is 15.7 Å². The molecule has 0 aliphatic rings. The predicted octanol–water partition coefficient (Wildman–Crippen LogP) is 2.59. The zero-order chi connectivity index (χ0) is 15.3. The predicted molar refractivity (Wildman–Crippen MR) is 69.4 cm³/mol. The van der Waals surface area contributed by atoms with Crippen LogP contribution in [0.25, 0.3) is 0 Å². The van der Waals surface area contributed by atoms with Crippen LogP contribution in [0, 0.1) is 17.6 Å². The average molecular weight is 286 g/mol. The number of carboxylic acid groups (broad SMARTS) is 1. The maximum Gasteiger partial charge on any atom is 0.326 e. The Hall–Kier alpha value is -2.18. The first-order chi connectivity index (χ1) is 9.36. The molecule has 0 aliphatic heterocycles. The van der Waals surface area contributed by atoms with Gasteiger partial charge in [0.1, 0.15) is 6.04 Å². The maximum atomic E-state index is 13.3. The molecule has 110 valence electrons. The molecule has 20 heavy (non-hydrogen) atoms. The number of carboxylic acids is 1. The quantitative estimate of drug-likeness (QED) is 0.778. The first kappa shape index (κ1) is 15.9. The molecule has 0 heterocycles. The second-order valence-electron chi connectivity index (χ2n) is 4.40. The number of nitrogens with one attached hydrogen (secondary N) is 2. The summed E-state index contributed by atoms with van der Waals surface area (Å²) >= 11 is 0. The third-order valence-electron chi connectivity index (χ3n) is 2.97. The van der Waals surface area contributed by atoms with Crippen LogP contribution in [-0.2, 0) is 4.79 Å². The number of anilines is 1. The van der Waals surface area contributed by atoms with E-state index in [1.165, 1.54) is 12.1 Å². The lowest BCUT2D eigenvalue weighted by Gasteiger charge is -2.20. The fourth-order valence-corrected chi connectivity index (χ4v) is 1.58. The van der Waals surface area contributed by atoms with Gasteiger partial charge in [0, 0.05) is 0 Å². The summed E-state index contributed by atoms with van der Waals surface area (Å²) in [6.07, 6.45) is 0.547. The monoisotopic (exact) mass is 286 g/mol. The molecule has 0 spiro atoms. The van der Waals surface area contributed by atoms with E-state index in [-0.39, 0.29) is 11.6 Å². The van der Waals surface area contributed by atoms with Crippen molar-refractivity contribution in [3.8, 4) is 0 Å². The second-order valence-corrected chi connectivity index (χ2v) is 4.40. The minimum absolute atomic E-state index is 0.296. The minimum atomic E-state index is -1.20. The summed E-state index contributed by atoms with van der Waals surface area (Å²) in [4.78, 5) is 22.7. The highest BCUT2D eigenvalue weighted by Crippen LogP contribution is 2.16. The molecule has 0 fully saturated rings. The minimum Gasteiger partial charge on any atom is -0.480 e. The van der Waals surface area contributed by atoms with Crippen molar-refractivity contribution in [2.24, 2.45) is 5.92 Å². The van der Waals surface area contributed by atoms with Gasteiger partial charge in [-0.15, -0.1) is 0 Å². The summed E-state index contributed by atoms with van der Waals surface area (Å²) in [5, 5.41) is 13.3. The smallest absolute Gasteiger partial charge is 0.326 e. The zero-order valence-electron chi connectivity index (χ0n) is 11.1. The lowest BCUT2D eigenvalue weighted by molar-refractivity contribution is -0.140. The molecule has 2 atom stereocenters. The van der Waals surface area contributed by atoms with Gasteiger partial charge in [0.2, 0.25) is 0 Å². The number of halogens is 2. The molecule has 0 aliphatic carbocycles. The number of hydrogen-bond acceptors (Lipinski definition) is 2. The Balaban J connectivity index is 2.76. The van der Waals surface area contributed by atoms with Crippen LogP contribution >= 0.6 is 0 Å². The molecule has 1 aromatic rings. The molecule has 0 saturated carbocycles. The van der Waals surface area contributed by atoms with Crippen molar-refractivity contribution in [1.82, 2.24) is 5.32 Å². The van der Waals surface area contributed by atoms with E-state index in [1.807, 2.05) is 0 Å². The van der Waals surface area contributed by atoms with Gasteiger partial charge in [-0.25, -0.2) is 18.4 Å². The highest BCUT2D eigenvalue weighted by molar-refractivity contribution is 5.92. The number of amides is 2. The van der Waals surface area contributed by atoms with Crippen LogP contribution in [0.4, 0.5) is 19.3 Å². The lowest BCUT2D eigenvalue weighted by Crippen LogP contribution is -2.46. The van der Waals surface area contributed by atoms with Crippen molar-refractivity contribution < 1.29 is 23.5 Å². The van der Waals surface area contributed by atoms with Gasteiger partial charge >= 0.3 is 12.0 Å². The highest BCUT2D eigenvalue weighted by atomic mass is 19.2. The van der Waals surface area contributed by atoms with Crippen LogP contribution in [0.2, 0.25) is 0 Å². The van der Waals surface area contributed by atoms with E-state index in [1.54, 1.807) is 13.8 Å². The standard InChI is InChI=1S/C13H16F2N2O3/c1-3-7(2)11(12(18)19)17-13(20)16-9-6-4-5-8(14)10(9)15/h4-7,11H,3H2,1-2H3,(H,18,19)(H2,16,17,20)/t7?,11-/m0/s1. The van der Waals surface area contributed by atoms with Gasteiger partial charge in [-0.1, -0.05) is 26.3 Å². The first-order valence-electron chi connectivity index (χ1n) is 6.11. The Kier molecular flexibility index (Phi) is 5.42. The van der Waals surface area contributed by atoms with Crippen LogP contribution in [0.15, 0.2) is 18.2 Å². The van der Waals surface area contributed by atoms with Crippen molar-refractivity contribution in [2.75, 3.05) is 5.32 Å². The van der Waals surface area contributed by atoms with Crippen LogP contribution in [-0.4, -0.2) is 23.1 Å². The number of benzene rings is 1. The fraction of sp³-hybridized carbons (Fsp3) is 0.385. The first-order valence-corrected chi connectivity index (χ1v) is 6.11. The number of carbonyl (C=O) groups excluding carboxylic acids is 1. The van der Waals surface area contributed by atoms with Gasteiger partial charge in [0.15, 0.2) is 11.6 Å². The van der Waals surface area contributed by atoms with E-state index >= 15 is 0 Å². The van der Waals surface area contributed by atoms with E-state index in [4.69, 9.17) is 5.11 Å². The number of rotatable bonds is 5. The van der Waals surface area contributed by atoms with Crippen molar-refractivity contribution in [3.63, 3.8) is 0 Å². The highest BCUT2D eigenvalue weighted by Gasteiger charge is 2.25. The van der Waals surface area contributed by atoms with Gasteiger partial charge in [-0.05, 0) is 18.1 Å². The number of carbonyl (C=O) groups is 2. The van der Waals surface area contributed by atoms with Gasteiger partial charge in [-0.2, -0.15) is 0 Å². The summed E-state index contributed by atoms with van der Waals surface area (Å²) in [6.45, 7) is 3.45. The van der Waals surface area contributed by atoms with Gasteiger partial charge in [-0.3, -0.25) is 0 Å². The molecule has 3 N–H and O–H groups in total. The largest absolute Gasteiger partial charge is 0.480 e. The summed E-state index contributed by atoms with van der Waals surface area (Å²) < 4.78 is 26.3. The Morgan fingerprint density at radius 1 is 1.35 bits per heavy atom. The van der Waals surface area contributed by atoms with Gasteiger partial charge in [0.05, 0.1) is 5.69 Å². The molecule has 1 rings (SSSR count). The maximum absolute atomic E-state index is 13.3. The summed E-state index contributed by atoms with van der Waals surface area (Å²) in [5.41, 5.74) is -0.351. The SMILES string of the molecule is CCC(C)[C@H](NC(=O)Nc1cccc(F)c1F)C(=O)O. The van der Waals surface area contributed by atoms with E-state index in [0.717, 1.165) is 6.07 Å². The molecule has 0 saturated heterocycles. The van der Waals surface area contributed by atoms with E-state index in [0.29, 0.717) is 6.42 Å². The second kappa shape index (κ2) is 6.83. The summed E-state index contributed by atoms with van der Waals surface area (Å²) in [5.74, 6) is -3.78. The Morgan fingerprint density at radius 2 is 2.00 bits per heavy atom. The van der Waals surface area contributed by atoms with E-state index in [2.05, 4.69) is 10.6 Å². The number of hydrogen-bond donors (Lipinski definition) is 3. The lowest BCUT2D eigenvalue weighted by atomic mass is 9.99. The Morgan fingerprint density at radius 3 is 2.55 bits per heavy atom. The zero-order valence-corrected chi connectivity index (χ0v) is 11.1. The molecule has 2 amide bonds. The molecule has 1 aromatic carbocycles. The van der Waals surface area contributed by atoms with Crippen LogP contribution in [0.3, 0.4) is 0 Å². The summed E-state index contributed by atoms with van der Waals surface area (Å²) in [7, 11) is 0. The van der Waals surface area contributed by atoms with Crippen molar-refractivity contribution in [1.29, 1.82) is 0 Å². The summed E-state index contributed by atoms with van der Waals surface area (Å²) in [6, 6.07) is 1.32. The van der Waals surface area contributed by atoms with E-state index in [9.17, 15) is 18.4 Å². The fourth-order valence-electron chi connectivity index (χ4n) is 1.58. The van der Waals surface area contributed by atoms with Crippen LogP contribution in [0.5, 0.6) is 0 Å². The molecule has 1 unspecified atom stereocenters. The van der Waals surface area contributed by atoms with Crippen molar-refractivity contribution >= 4 is 17.7 Å². The Bertz CT molecular complexity index is 508. The van der Waals surface area contributed by atoms with Crippen molar-refractivity contribution in [2.45, 2.75) is 26.3 Å². The number of urea groups is 1.